The molecule has 0 saturated carbocycles. The van der Waals surface area contributed by atoms with E-state index >= 15 is 0 Å². The minimum absolute atomic E-state index is 0.0476. The number of fused-ring (bicyclic) bond motifs is 1. The second-order valence-corrected chi connectivity index (χ2v) is 10.3. The Kier molecular flexibility index (Phi) is 8.40. The van der Waals surface area contributed by atoms with Crippen LogP contribution in [0.5, 0.6) is 0 Å². The number of alkyl halides is 3. The molecule has 3 aromatic carbocycles. The molecule has 2 heterocycles. The lowest BCUT2D eigenvalue weighted by Gasteiger charge is -2.34. The highest BCUT2D eigenvalue weighted by Gasteiger charge is 2.40. The fourth-order valence-corrected chi connectivity index (χ4v) is 5.31. The average Bonchev–Trinajstić information content (AvgIpc) is 3.37. The summed E-state index contributed by atoms with van der Waals surface area (Å²) in [5.74, 6) is -0.888. The summed E-state index contributed by atoms with van der Waals surface area (Å²) in [6.45, 7) is 4.30. The molecule has 1 aromatic heterocycles. The molecule has 1 saturated heterocycles. The molecular weight excluding hydrogens is 517 g/mol. The zero-order valence-corrected chi connectivity index (χ0v) is 22.4. The van der Waals surface area contributed by atoms with Crippen molar-refractivity contribution in [3.63, 3.8) is 0 Å². The number of para-hydroxylation sites is 2. The molecule has 1 atom stereocenters. The van der Waals surface area contributed by atoms with E-state index in [4.69, 9.17) is 4.74 Å². The molecule has 0 spiro atoms. The van der Waals surface area contributed by atoms with Crippen molar-refractivity contribution in [3.05, 3.63) is 102 Å². The predicted octanol–water partition coefficient (Wildman–Crippen LogP) is 6.92. The van der Waals surface area contributed by atoms with Gasteiger partial charge in [-0.15, -0.1) is 0 Å². The highest BCUT2D eigenvalue weighted by Crippen LogP contribution is 2.36. The van der Waals surface area contributed by atoms with Gasteiger partial charge in [0.05, 0.1) is 11.0 Å². The Balaban J connectivity index is 1.20. The highest BCUT2D eigenvalue weighted by molar-refractivity contribution is 5.76. The fraction of sp³-hybridized carbons (Fsp3) is 0.355. The van der Waals surface area contributed by atoms with Crippen LogP contribution in [0.1, 0.15) is 42.8 Å². The SMILES string of the molecule is C[C@@H](COC(=O)N1CCC(n2c(C(F)(F)F)nc3ccccc32)CC1)N(Cc1ccccc1)Cc1ccccc1. The summed E-state index contributed by atoms with van der Waals surface area (Å²) < 4.78 is 48.4. The summed E-state index contributed by atoms with van der Waals surface area (Å²) in [6, 6.07) is 26.5. The number of rotatable bonds is 8. The second-order valence-electron chi connectivity index (χ2n) is 10.3. The van der Waals surface area contributed by atoms with Gasteiger partial charge in [-0.1, -0.05) is 72.8 Å². The Bertz CT molecular complexity index is 1360. The number of ether oxygens (including phenoxy) is 1. The number of amides is 1. The molecule has 0 radical (unpaired) electrons. The normalized spacial score (nSPS) is 15.5. The van der Waals surface area contributed by atoms with Gasteiger partial charge in [0.2, 0.25) is 5.82 Å². The summed E-state index contributed by atoms with van der Waals surface area (Å²) in [5.41, 5.74) is 3.12. The Morgan fingerprint density at radius 2 is 1.48 bits per heavy atom. The monoisotopic (exact) mass is 550 g/mol. The molecule has 5 rings (SSSR count). The number of likely N-dealkylation sites (tertiary alicyclic amines) is 1. The molecule has 1 amide bonds. The second kappa shape index (κ2) is 12.1. The molecule has 0 N–H and O–H groups in total. The maximum Gasteiger partial charge on any atom is 0.449 e. The largest absolute Gasteiger partial charge is 0.449 e. The van der Waals surface area contributed by atoms with E-state index in [1.165, 1.54) is 15.7 Å². The topological polar surface area (TPSA) is 50.6 Å². The van der Waals surface area contributed by atoms with E-state index in [2.05, 4.69) is 34.1 Å². The number of benzene rings is 3. The molecule has 40 heavy (non-hydrogen) atoms. The molecule has 1 aliphatic rings. The third kappa shape index (κ3) is 6.47. The lowest BCUT2D eigenvalue weighted by Crippen LogP contribution is -2.42. The van der Waals surface area contributed by atoms with Crippen LogP contribution in [0.25, 0.3) is 11.0 Å². The molecule has 0 bridgehead atoms. The van der Waals surface area contributed by atoms with Gasteiger partial charge in [-0.2, -0.15) is 13.2 Å². The van der Waals surface area contributed by atoms with E-state index in [0.717, 1.165) is 0 Å². The van der Waals surface area contributed by atoms with Crippen molar-refractivity contribution in [1.29, 1.82) is 0 Å². The summed E-state index contributed by atoms with van der Waals surface area (Å²) in [4.78, 5) is 20.7. The number of imidazole rings is 1. The van der Waals surface area contributed by atoms with E-state index in [-0.39, 0.29) is 12.6 Å². The van der Waals surface area contributed by atoms with Crippen molar-refractivity contribution in [2.75, 3.05) is 19.7 Å². The smallest absolute Gasteiger partial charge is 0.448 e. The van der Waals surface area contributed by atoms with Crippen LogP contribution in [-0.4, -0.2) is 51.2 Å². The number of carbonyl (C=O) groups excluding carboxylic acids is 1. The number of nitrogens with zero attached hydrogens (tertiary/aromatic N) is 4. The van der Waals surface area contributed by atoms with Crippen molar-refractivity contribution >= 4 is 17.1 Å². The van der Waals surface area contributed by atoms with Gasteiger partial charge in [-0.05, 0) is 43.0 Å². The maximum atomic E-state index is 13.8. The van der Waals surface area contributed by atoms with E-state index in [1.54, 1.807) is 29.2 Å². The Labute approximate surface area is 232 Å². The van der Waals surface area contributed by atoms with E-state index in [1.807, 2.05) is 43.3 Å². The lowest BCUT2D eigenvalue weighted by molar-refractivity contribution is -0.147. The number of aromatic nitrogens is 2. The Morgan fingerprint density at radius 1 is 0.925 bits per heavy atom. The van der Waals surface area contributed by atoms with Gasteiger partial charge < -0.3 is 14.2 Å². The van der Waals surface area contributed by atoms with Crippen LogP contribution < -0.4 is 0 Å². The van der Waals surface area contributed by atoms with Crippen LogP contribution >= 0.6 is 0 Å². The standard InChI is InChI=1S/C31H33F3N4O2/c1-23(37(20-24-10-4-2-5-11-24)21-25-12-6-3-7-13-25)22-40-30(39)36-18-16-26(17-19-36)38-28-15-9-8-14-27(28)35-29(38)31(32,33)34/h2-15,23,26H,16-22H2,1H3/t23-/m0/s1. The third-order valence-corrected chi connectivity index (χ3v) is 7.47. The van der Waals surface area contributed by atoms with Gasteiger partial charge in [0.15, 0.2) is 0 Å². The first-order chi connectivity index (χ1) is 19.3. The van der Waals surface area contributed by atoms with Crippen LogP contribution in [0.4, 0.5) is 18.0 Å². The van der Waals surface area contributed by atoms with Gasteiger partial charge in [0.25, 0.3) is 0 Å². The number of piperidine rings is 1. The number of hydrogen-bond donors (Lipinski definition) is 0. The van der Waals surface area contributed by atoms with Gasteiger partial charge in [0.1, 0.15) is 6.61 Å². The van der Waals surface area contributed by atoms with Gasteiger partial charge in [0, 0.05) is 38.3 Å². The van der Waals surface area contributed by atoms with Gasteiger partial charge in [-0.25, -0.2) is 9.78 Å². The molecule has 6 nitrogen and oxygen atoms in total. The van der Waals surface area contributed by atoms with Gasteiger partial charge in [-0.3, -0.25) is 4.90 Å². The quantitative estimate of drug-likeness (QED) is 0.239. The third-order valence-electron chi connectivity index (χ3n) is 7.47. The van der Waals surface area contributed by atoms with Crippen LogP contribution in [-0.2, 0) is 24.0 Å². The summed E-state index contributed by atoms with van der Waals surface area (Å²) in [6.07, 6.45) is -4.21. The first-order valence-corrected chi connectivity index (χ1v) is 13.6. The van der Waals surface area contributed by atoms with Crippen LogP contribution in [0, 0.1) is 0 Å². The van der Waals surface area contributed by atoms with Crippen molar-refractivity contribution in [1.82, 2.24) is 19.4 Å². The van der Waals surface area contributed by atoms with Crippen LogP contribution in [0.3, 0.4) is 0 Å². The fourth-order valence-electron chi connectivity index (χ4n) is 5.31. The molecule has 1 aliphatic heterocycles. The van der Waals surface area contributed by atoms with Crippen molar-refractivity contribution in [2.24, 2.45) is 0 Å². The molecule has 0 unspecified atom stereocenters. The minimum atomic E-state index is -4.56. The minimum Gasteiger partial charge on any atom is -0.448 e. The number of carbonyl (C=O) groups is 1. The molecule has 9 heteroatoms. The molecular formula is C31H33F3N4O2. The number of halogens is 3. The summed E-state index contributed by atoms with van der Waals surface area (Å²) >= 11 is 0. The van der Waals surface area contributed by atoms with Crippen LogP contribution in [0.15, 0.2) is 84.9 Å². The number of hydrogen-bond acceptors (Lipinski definition) is 4. The zero-order valence-electron chi connectivity index (χ0n) is 22.4. The highest BCUT2D eigenvalue weighted by atomic mass is 19.4. The molecule has 210 valence electrons. The first-order valence-electron chi connectivity index (χ1n) is 13.6. The van der Waals surface area contributed by atoms with Crippen LogP contribution in [0.2, 0.25) is 0 Å². The average molecular weight is 551 g/mol. The molecule has 1 fully saturated rings. The van der Waals surface area contributed by atoms with E-state index in [0.29, 0.717) is 50.1 Å². The Morgan fingerprint density at radius 3 is 2.05 bits per heavy atom. The summed E-state index contributed by atoms with van der Waals surface area (Å²) in [7, 11) is 0. The van der Waals surface area contributed by atoms with Gasteiger partial charge >= 0.3 is 12.3 Å². The zero-order chi connectivity index (χ0) is 28.1. The van der Waals surface area contributed by atoms with Crippen molar-refractivity contribution in [2.45, 2.75) is 51.1 Å². The maximum absolute atomic E-state index is 13.8. The Hall–Kier alpha value is -3.85. The first kappa shape index (κ1) is 27.7. The molecule has 4 aromatic rings. The predicted molar refractivity (Wildman–Crippen MR) is 148 cm³/mol. The summed E-state index contributed by atoms with van der Waals surface area (Å²) in [5, 5.41) is 0. The van der Waals surface area contributed by atoms with E-state index < -0.39 is 24.1 Å². The lowest BCUT2D eigenvalue weighted by atomic mass is 10.0. The van der Waals surface area contributed by atoms with Crippen molar-refractivity contribution < 1.29 is 22.7 Å². The van der Waals surface area contributed by atoms with E-state index in [9.17, 15) is 18.0 Å². The molecule has 0 aliphatic carbocycles. The van der Waals surface area contributed by atoms with Crippen molar-refractivity contribution in [3.8, 4) is 0 Å².